The van der Waals surface area contributed by atoms with Crippen LogP contribution < -0.4 is 5.32 Å². The molecule has 2 atom stereocenters. The Bertz CT molecular complexity index is 495. The minimum absolute atomic E-state index is 0.0139. The maximum Gasteiger partial charge on any atom is 0.226 e. The van der Waals surface area contributed by atoms with E-state index in [-0.39, 0.29) is 17.9 Å². The molecule has 110 valence electrons. The molecule has 1 saturated heterocycles. The average molecular weight is 278 g/mol. The minimum Gasteiger partial charge on any atom is -0.378 e. The van der Waals surface area contributed by atoms with Crippen LogP contribution in [0.5, 0.6) is 0 Å². The predicted octanol–water partition coefficient (Wildman–Crippen LogP) is 1.12. The fourth-order valence-electron chi connectivity index (χ4n) is 2.92. The number of amides is 1. The van der Waals surface area contributed by atoms with Crippen LogP contribution >= 0.6 is 0 Å². The molecule has 1 aliphatic carbocycles. The summed E-state index contributed by atoms with van der Waals surface area (Å²) in [6.07, 6.45) is 4.51. The first-order chi connectivity index (χ1) is 9.66. The molecule has 1 aliphatic heterocycles. The summed E-state index contributed by atoms with van der Waals surface area (Å²) >= 11 is 0. The highest BCUT2D eigenvalue weighted by molar-refractivity contribution is 5.79. The Kier molecular flexibility index (Phi) is 3.74. The standard InChI is InChI=1S/C14H22N4O2/c1-9-11(6-7-20-9)14(19)15-8-12-16-17-13(18(12)2)10-4-3-5-10/h9-11H,3-8H2,1-2H3,(H,15,19). The van der Waals surface area contributed by atoms with E-state index in [1.807, 2.05) is 18.5 Å². The molecule has 6 nitrogen and oxygen atoms in total. The summed E-state index contributed by atoms with van der Waals surface area (Å²) in [6, 6.07) is 0. The van der Waals surface area contributed by atoms with E-state index >= 15 is 0 Å². The maximum absolute atomic E-state index is 12.1. The summed E-state index contributed by atoms with van der Waals surface area (Å²) < 4.78 is 7.45. The van der Waals surface area contributed by atoms with Crippen LogP contribution in [0.25, 0.3) is 0 Å². The predicted molar refractivity (Wildman–Crippen MR) is 73.0 cm³/mol. The second-order valence-corrected chi connectivity index (χ2v) is 5.85. The highest BCUT2D eigenvalue weighted by atomic mass is 16.5. The first kappa shape index (κ1) is 13.5. The molecule has 1 N–H and O–H groups in total. The molecular weight excluding hydrogens is 256 g/mol. The van der Waals surface area contributed by atoms with E-state index in [2.05, 4.69) is 15.5 Å². The third-order valence-electron chi connectivity index (χ3n) is 4.60. The third-order valence-corrected chi connectivity index (χ3v) is 4.60. The number of nitrogens with zero attached hydrogens (tertiary/aromatic N) is 3. The normalized spacial score (nSPS) is 26.5. The van der Waals surface area contributed by atoms with Crippen molar-refractivity contribution < 1.29 is 9.53 Å². The van der Waals surface area contributed by atoms with Crippen molar-refractivity contribution >= 4 is 5.91 Å². The summed E-state index contributed by atoms with van der Waals surface area (Å²) in [5.41, 5.74) is 0. The van der Waals surface area contributed by atoms with Crippen LogP contribution in [0.3, 0.4) is 0 Å². The molecule has 2 heterocycles. The lowest BCUT2D eigenvalue weighted by atomic mass is 9.85. The van der Waals surface area contributed by atoms with Gasteiger partial charge in [-0.1, -0.05) is 6.42 Å². The number of carbonyl (C=O) groups excluding carboxylic acids is 1. The van der Waals surface area contributed by atoms with Gasteiger partial charge in [-0.15, -0.1) is 10.2 Å². The van der Waals surface area contributed by atoms with E-state index in [0.29, 0.717) is 19.1 Å². The number of rotatable bonds is 4. The highest BCUT2D eigenvalue weighted by Crippen LogP contribution is 2.35. The number of hydrogen-bond acceptors (Lipinski definition) is 4. The molecular formula is C14H22N4O2. The van der Waals surface area contributed by atoms with Gasteiger partial charge in [0.15, 0.2) is 5.82 Å². The van der Waals surface area contributed by atoms with Crippen LogP contribution in [0.4, 0.5) is 0 Å². The molecule has 2 fully saturated rings. The monoisotopic (exact) mass is 278 g/mol. The van der Waals surface area contributed by atoms with E-state index in [0.717, 1.165) is 18.1 Å². The third kappa shape index (κ3) is 2.44. The van der Waals surface area contributed by atoms with E-state index < -0.39 is 0 Å². The van der Waals surface area contributed by atoms with Crippen LogP contribution in [0.2, 0.25) is 0 Å². The Morgan fingerprint density at radius 1 is 1.40 bits per heavy atom. The molecule has 0 radical (unpaired) electrons. The molecule has 1 amide bonds. The van der Waals surface area contributed by atoms with Crippen molar-refractivity contribution in [3.8, 4) is 0 Å². The zero-order valence-corrected chi connectivity index (χ0v) is 12.1. The zero-order valence-electron chi connectivity index (χ0n) is 12.1. The topological polar surface area (TPSA) is 69.0 Å². The van der Waals surface area contributed by atoms with Crippen molar-refractivity contribution in [1.29, 1.82) is 0 Å². The summed E-state index contributed by atoms with van der Waals surface area (Å²) in [6.45, 7) is 3.07. The van der Waals surface area contributed by atoms with E-state index in [9.17, 15) is 4.79 Å². The second-order valence-electron chi connectivity index (χ2n) is 5.85. The maximum atomic E-state index is 12.1. The van der Waals surface area contributed by atoms with Gasteiger partial charge in [0.2, 0.25) is 5.91 Å². The summed E-state index contributed by atoms with van der Waals surface area (Å²) in [5.74, 6) is 2.46. The van der Waals surface area contributed by atoms with Gasteiger partial charge in [0.1, 0.15) is 5.82 Å². The second kappa shape index (κ2) is 5.52. The van der Waals surface area contributed by atoms with Crippen molar-refractivity contribution in [2.75, 3.05) is 6.61 Å². The summed E-state index contributed by atoms with van der Waals surface area (Å²) in [7, 11) is 1.98. The molecule has 1 aromatic rings. The first-order valence-corrected chi connectivity index (χ1v) is 7.44. The lowest BCUT2D eigenvalue weighted by Gasteiger charge is -2.24. The Balaban J connectivity index is 1.58. The molecule has 20 heavy (non-hydrogen) atoms. The summed E-state index contributed by atoms with van der Waals surface area (Å²) in [4.78, 5) is 12.1. The van der Waals surface area contributed by atoms with E-state index in [4.69, 9.17) is 4.74 Å². The molecule has 0 aromatic carbocycles. The largest absolute Gasteiger partial charge is 0.378 e. The SMILES string of the molecule is CC1OCCC1C(=O)NCc1nnc(C2CCC2)n1C. The minimum atomic E-state index is -0.0330. The Hall–Kier alpha value is -1.43. The fourth-order valence-corrected chi connectivity index (χ4v) is 2.92. The molecule has 2 aliphatic rings. The smallest absolute Gasteiger partial charge is 0.226 e. The number of hydrogen-bond donors (Lipinski definition) is 1. The van der Waals surface area contributed by atoms with E-state index in [1.54, 1.807) is 0 Å². The number of aromatic nitrogens is 3. The van der Waals surface area contributed by atoms with Crippen molar-refractivity contribution in [2.45, 2.75) is 51.2 Å². The molecule has 0 spiro atoms. The average Bonchev–Trinajstić information content (AvgIpc) is 2.93. The van der Waals surface area contributed by atoms with Crippen LogP contribution in [-0.2, 0) is 23.1 Å². The molecule has 2 unspecified atom stereocenters. The fraction of sp³-hybridized carbons (Fsp3) is 0.786. The van der Waals surface area contributed by atoms with Gasteiger partial charge >= 0.3 is 0 Å². The Labute approximate surface area is 118 Å². The van der Waals surface area contributed by atoms with Gasteiger partial charge in [0.05, 0.1) is 18.6 Å². The summed E-state index contributed by atoms with van der Waals surface area (Å²) in [5, 5.41) is 11.4. The van der Waals surface area contributed by atoms with Gasteiger partial charge in [0.25, 0.3) is 0 Å². The van der Waals surface area contributed by atoms with Gasteiger partial charge in [-0.05, 0) is 26.2 Å². The Morgan fingerprint density at radius 3 is 2.80 bits per heavy atom. The van der Waals surface area contributed by atoms with Crippen molar-refractivity contribution in [2.24, 2.45) is 13.0 Å². The van der Waals surface area contributed by atoms with Crippen LogP contribution in [-0.4, -0.2) is 33.4 Å². The van der Waals surface area contributed by atoms with Crippen LogP contribution in [0.15, 0.2) is 0 Å². The molecule has 1 aromatic heterocycles. The molecule has 3 rings (SSSR count). The molecule has 0 bridgehead atoms. The molecule has 1 saturated carbocycles. The van der Waals surface area contributed by atoms with Crippen molar-refractivity contribution in [3.05, 3.63) is 11.6 Å². The van der Waals surface area contributed by atoms with Crippen molar-refractivity contribution in [1.82, 2.24) is 20.1 Å². The lowest BCUT2D eigenvalue weighted by Crippen LogP contribution is -2.34. The van der Waals surface area contributed by atoms with Crippen LogP contribution in [0.1, 0.15) is 50.2 Å². The lowest BCUT2D eigenvalue weighted by molar-refractivity contribution is -0.126. The van der Waals surface area contributed by atoms with Gasteiger partial charge in [-0.3, -0.25) is 4.79 Å². The van der Waals surface area contributed by atoms with E-state index in [1.165, 1.54) is 19.3 Å². The van der Waals surface area contributed by atoms with Crippen LogP contribution in [0, 0.1) is 5.92 Å². The van der Waals surface area contributed by atoms with Gasteiger partial charge < -0.3 is 14.6 Å². The first-order valence-electron chi connectivity index (χ1n) is 7.44. The number of carbonyl (C=O) groups is 1. The van der Waals surface area contributed by atoms with Crippen molar-refractivity contribution in [3.63, 3.8) is 0 Å². The Morgan fingerprint density at radius 2 is 2.20 bits per heavy atom. The number of nitrogens with one attached hydrogen (secondary N) is 1. The van der Waals surface area contributed by atoms with Gasteiger partial charge in [-0.2, -0.15) is 0 Å². The number of ether oxygens (including phenoxy) is 1. The van der Waals surface area contributed by atoms with Gasteiger partial charge in [0, 0.05) is 19.6 Å². The molecule has 6 heteroatoms. The zero-order chi connectivity index (χ0) is 14.1. The van der Waals surface area contributed by atoms with Gasteiger partial charge in [-0.25, -0.2) is 0 Å². The highest BCUT2D eigenvalue weighted by Gasteiger charge is 2.31. The quantitative estimate of drug-likeness (QED) is 0.896.